The average Bonchev–Trinajstić information content (AvgIpc) is 2.74. The first-order valence-corrected chi connectivity index (χ1v) is 7.74. The van der Waals surface area contributed by atoms with Gasteiger partial charge in [0, 0.05) is 13.1 Å². The molecule has 0 aliphatic carbocycles. The third kappa shape index (κ3) is 3.16. The number of halogens is 1. The fourth-order valence-corrected chi connectivity index (χ4v) is 3.51. The number of benzene rings is 1. The van der Waals surface area contributed by atoms with Crippen LogP contribution < -0.4 is 0 Å². The topological polar surface area (TPSA) is 32.8 Å². The van der Waals surface area contributed by atoms with Crippen LogP contribution in [0.4, 0.5) is 4.39 Å². The van der Waals surface area contributed by atoms with Gasteiger partial charge in [-0.05, 0) is 23.8 Å². The molecule has 1 aromatic rings. The summed E-state index contributed by atoms with van der Waals surface area (Å²) in [4.78, 5) is 13.0. The van der Waals surface area contributed by atoms with Gasteiger partial charge in [-0.1, -0.05) is 36.1 Å². The van der Waals surface area contributed by atoms with E-state index in [1.807, 2.05) is 5.01 Å². The second-order valence-corrected chi connectivity index (χ2v) is 6.29. The Morgan fingerprint density at radius 3 is 2.81 bits per heavy atom. The Morgan fingerprint density at radius 2 is 2.10 bits per heavy atom. The second kappa shape index (κ2) is 6.23. The van der Waals surface area contributed by atoms with Crippen molar-refractivity contribution in [1.29, 1.82) is 0 Å². The van der Waals surface area contributed by atoms with Gasteiger partial charge >= 0.3 is 0 Å². The normalized spacial score (nSPS) is 22.3. The van der Waals surface area contributed by atoms with Crippen LogP contribution in [-0.4, -0.2) is 46.5 Å². The van der Waals surface area contributed by atoms with Gasteiger partial charge in [-0.3, -0.25) is 4.79 Å². The molecule has 0 N–H and O–H groups in total. The number of amides is 1. The van der Waals surface area contributed by atoms with Crippen LogP contribution in [0.2, 0.25) is 0 Å². The van der Waals surface area contributed by atoms with Crippen molar-refractivity contribution in [2.45, 2.75) is 0 Å². The molecule has 2 heterocycles. The number of thioether (sulfide) groups is 1. The lowest BCUT2D eigenvalue weighted by atomic mass is 10.2. The lowest BCUT2D eigenvalue weighted by molar-refractivity contribution is -0.138. The number of hydrogen-bond acceptors (Lipinski definition) is 5. The van der Waals surface area contributed by atoms with Gasteiger partial charge < -0.3 is 4.74 Å². The third-order valence-corrected chi connectivity index (χ3v) is 4.47. The minimum atomic E-state index is -0.326. The van der Waals surface area contributed by atoms with Crippen molar-refractivity contribution >= 4 is 40.3 Å². The van der Waals surface area contributed by atoms with Crippen LogP contribution >= 0.6 is 24.0 Å². The van der Waals surface area contributed by atoms with Gasteiger partial charge in [0.25, 0.3) is 5.91 Å². The molecule has 0 radical (unpaired) electrons. The molecule has 21 heavy (non-hydrogen) atoms. The predicted molar refractivity (Wildman–Crippen MR) is 83.8 cm³/mol. The number of morpholine rings is 1. The van der Waals surface area contributed by atoms with Crippen molar-refractivity contribution in [3.05, 3.63) is 40.6 Å². The van der Waals surface area contributed by atoms with Gasteiger partial charge in [0.2, 0.25) is 0 Å². The van der Waals surface area contributed by atoms with E-state index in [1.165, 1.54) is 28.9 Å². The molecule has 2 aliphatic heterocycles. The molecule has 0 aromatic heterocycles. The molecule has 0 bridgehead atoms. The van der Waals surface area contributed by atoms with Crippen LogP contribution in [0.5, 0.6) is 0 Å². The number of carbonyl (C=O) groups is 1. The molecule has 110 valence electrons. The molecule has 0 atom stereocenters. The standard InChI is InChI=1S/C14H13FN2O2S2/c15-11-3-1-2-10(8-11)9-12-13(18)17(14(20)21-12)16-4-6-19-7-5-16/h1-3,8-9H,4-7H2. The van der Waals surface area contributed by atoms with E-state index < -0.39 is 0 Å². The number of carbonyl (C=O) groups excluding carboxylic acids is 1. The smallest absolute Gasteiger partial charge is 0.280 e. The average molecular weight is 324 g/mol. The number of ether oxygens (including phenoxy) is 1. The molecule has 0 unspecified atom stereocenters. The zero-order chi connectivity index (χ0) is 14.8. The van der Waals surface area contributed by atoms with E-state index in [4.69, 9.17) is 17.0 Å². The maximum absolute atomic E-state index is 13.2. The van der Waals surface area contributed by atoms with E-state index >= 15 is 0 Å². The summed E-state index contributed by atoms with van der Waals surface area (Å²) in [7, 11) is 0. The molecule has 3 rings (SSSR count). The van der Waals surface area contributed by atoms with Crippen molar-refractivity contribution in [1.82, 2.24) is 10.0 Å². The summed E-state index contributed by atoms with van der Waals surface area (Å²) >= 11 is 6.53. The molecule has 2 aliphatic rings. The minimum absolute atomic E-state index is 0.156. The van der Waals surface area contributed by atoms with Crippen LogP contribution in [0.25, 0.3) is 6.08 Å². The van der Waals surface area contributed by atoms with E-state index in [0.717, 1.165) is 0 Å². The number of hydrazine groups is 1. The van der Waals surface area contributed by atoms with Crippen LogP contribution in [0.15, 0.2) is 29.2 Å². The summed E-state index contributed by atoms with van der Waals surface area (Å²) in [6.07, 6.45) is 1.67. The molecule has 2 saturated heterocycles. The van der Waals surface area contributed by atoms with Gasteiger partial charge in [-0.2, -0.15) is 0 Å². The minimum Gasteiger partial charge on any atom is -0.379 e. The molecule has 0 spiro atoms. The van der Waals surface area contributed by atoms with Crippen molar-refractivity contribution in [2.75, 3.05) is 26.3 Å². The Hall–Kier alpha value is -1.28. The summed E-state index contributed by atoms with van der Waals surface area (Å²) in [5.41, 5.74) is 0.650. The first-order chi connectivity index (χ1) is 10.1. The second-order valence-electron chi connectivity index (χ2n) is 4.61. The Balaban J connectivity index is 1.82. The molecular formula is C14H13FN2O2S2. The number of hydrogen-bond donors (Lipinski definition) is 0. The summed E-state index contributed by atoms with van der Waals surface area (Å²) in [5, 5.41) is 3.42. The van der Waals surface area contributed by atoms with Crippen molar-refractivity contribution < 1.29 is 13.9 Å². The lowest BCUT2D eigenvalue weighted by Crippen LogP contribution is -2.50. The highest BCUT2D eigenvalue weighted by Gasteiger charge is 2.36. The number of nitrogens with zero attached hydrogens (tertiary/aromatic N) is 2. The molecule has 2 fully saturated rings. The quantitative estimate of drug-likeness (QED) is 0.616. The molecule has 0 saturated carbocycles. The third-order valence-electron chi connectivity index (χ3n) is 3.19. The van der Waals surface area contributed by atoms with Crippen molar-refractivity contribution in [2.24, 2.45) is 0 Å². The first-order valence-electron chi connectivity index (χ1n) is 6.51. The van der Waals surface area contributed by atoms with E-state index in [2.05, 4.69) is 0 Å². The molecule has 1 amide bonds. The Bertz CT molecular complexity index is 615. The summed E-state index contributed by atoms with van der Waals surface area (Å²) in [5.74, 6) is -0.483. The van der Waals surface area contributed by atoms with E-state index in [9.17, 15) is 9.18 Å². The van der Waals surface area contributed by atoms with Crippen molar-refractivity contribution in [3.63, 3.8) is 0 Å². The number of rotatable bonds is 2. The van der Waals surface area contributed by atoms with Crippen LogP contribution in [-0.2, 0) is 9.53 Å². The van der Waals surface area contributed by atoms with Crippen LogP contribution in [0.3, 0.4) is 0 Å². The maximum atomic E-state index is 13.2. The highest BCUT2D eigenvalue weighted by molar-refractivity contribution is 8.26. The van der Waals surface area contributed by atoms with Gasteiger partial charge in [-0.15, -0.1) is 0 Å². The van der Waals surface area contributed by atoms with Crippen molar-refractivity contribution in [3.8, 4) is 0 Å². The molecule has 1 aromatic carbocycles. The van der Waals surface area contributed by atoms with Gasteiger partial charge in [-0.25, -0.2) is 14.4 Å². The molecule has 7 heteroatoms. The zero-order valence-corrected chi connectivity index (χ0v) is 12.8. The van der Waals surface area contributed by atoms with Gasteiger partial charge in [0.1, 0.15) is 5.82 Å². The summed E-state index contributed by atoms with van der Waals surface area (Å²) in [6, 6.07) is 6.13. The van der Waals surface area contributed by atoms with E-state index in [1.54, 1.807) is 18.2 Å². The summed E-state index contributed by atoms with van der Waals surface area (Å²) in [6.45, 7) is 2.44. The van der Waals surface area contributed by atoms with E-state index in [-0.39, 0.29) is 11.7 Å². The summed E-state index contributed by atoms with van der Waals surface area (Å²) < 4.78 is 19.0. The Labute approximate surface area is 131 Å². The maximum Gasteiger partial charge on any atom is 0.280 e. The lowest BCUT2D eigenvalue weighted by Gasteiger charge is -2.33. The Kier molecular flexibility index (Phi) is 4.34. The van der Waals surface area contributed by atoms with Crippen LogP contribution in [0, 0.1) is 5.82 Å². The van der Waals surface area contributed by atoms with E-state index in [0.29, 0.717) is 41.1 Å². The largest absolute Gasteiger partial charge is 0.379 e. The molecule has 4 nitrogen and oxygen atoms in total. The predicted octanol–water partition coefficient (Wildman–Crippen LogP) is 2.27. The SMILES string of the molecule is O=C1C(=Cc2cccc(F)c2)SC(=S)N1N1CCOCC1. The first kappa shape index (κ1) is 14.6. The monoisotopic (exact) mass is 324 g/mol. The molecular weight excluding hydrogens is 311 g/mol. The Morgan fingerprint density at radius 1 is 1.33 bits per heavy atom. The fraction of sp³-hybridized carbons (Fsp3) is 0.286. The highest BCUT2D eigenvalue weighted by Crippen LogP contribution is 2.33. The number of thiocarbonyl (C=S) groups is 1. The van der Waals surface area contributed by atoms with Gasteiger partial charge in [0.15, 0.2) is 4.32 Å². The van der Waals surface area contributed by atoms with Gasteiger partial charge in [0.05, 0.1) is 18.1 Å². The highest BCUT2D eigenvalue weighted by atomic mass is 32.2. The zero-order valence-electron chi connectivity index (χ0n) is 11.1. The van der Waals surface area contributed by atoms with Crippen LogP contribution in [0.1, 0.15) is 5.56 Å². The fourth-order valence-electron chi connectivity index (χ4n) is 2.20.